The van der Waals surface area contributed by atoms with E-state index in [1.807, 2.05) is 0 Å². The molecular formula is C19H14N4O5S. The summed E-state index contributed by atoms with van der Waals surface area (Å²) in [6, 6.07) is 13.7. The number of pyridine rings is 1. The topological polar surface area (TPSA) is 134 Å². The maximum atomic E-state index is 12.7. The Balaban J connectivity index is 1.58. The van der Waals surface area contributed by atoms with Crippen LogP contribution in [0.3, 0.4) is 0 Å². The van der Waals surface area contributed by atoms with Crippen molar-refractivity contribution in [2.45, 2.75) is 4.90 Å². The first-order valence-corrected chi connectivity index (χ1v) is 9.86. The minimum absolute atomic E-state index is 0.0627. The minimum Gasteiger partial charge on any atom is -0.456 e. The lowest BCUT2D eigenvalue weighted by Gasteiger charge is -2.10. The van der Waals surface area contributed by atoms with Gasteiger partial charge in [0.15, 0.2) is 0 Å². The first-order chi connectivity index (χ1) is 13.9. The number of aromatic amines is 2. The van der Waals surface area contributed by atoms with Crippen LogP contribution < -0.4 is 20.7 Å². The van der Waals surface area contributed by atoms with Crippen molar-refractivity contribution >= 4 is 26.6 Å². The highest BCUT2D eigenvalue weighted by molar-refractivity contribution is 7.92. The summed E-state index contributed by atoms with van der Waals surface area (Å²) in [6.07, 6.45) is 3.19. The average Bonchev–Trinajstić information content (AvgIpc) is 2.70. The summed E-state index contributed by atoms with van der Waals surface area (Å²) < 4.78 is 33.4. The van der Waals surface area contributed by atoms with Crippen LogP contribution in [0.2, 0.25) is 0 Å². The van der Waals surface area contributed by atoms with Crippen LogP contribution in [0.4, 0.5) is 5.69 Å². The Kier molecular flexibility index (Phi) is 4.61. The number of hydrogen-bond donors (Lipinski definition) is 3. The van der Waals surface area contributed by atoms with Crippen LogP contribution in [0, 0.1) is 0 Å². The summed E-state index contributed by atoms with van der Waals surface area (Å²) in [5.74, 6) is 1.07. The molecule has 0 fully saturated rings. The molecule has 4 aromatic rings. The third kappa shape index (κ3) is 4.01. The van der Waals surface area contributed by atoms with E-state index in [1.54, 1.807) is 48.8 Å². The molecule has 29 heavy (non-hydrogen) atoms. The first-order valence-electron chi connectivity index (χ1n) is 8.38. The zero-order valence-electron chi connectivity index (χ0n) is 14.7. The molecule has 0 bridgehead atoms. The van der Waals surface area contributed by atoms with Crippen LogP contribution in [-0.2, 0) is 10.0 Å². The molecule has 0 atom stereocenters. The van der Waals surface area contributed by atoms with Gasteiger partial charge >= 0.3 is 5.69 Å². The second-order valence-electron chi connectivity index (χ2n) is 6.04. The van der Waals surface area contributed by atoms with Gasteiger partial charge in [-0.05, 0) is 54.6 Å². The molecule has 2 aromatic heterocycles. The Hall–Kier alpha value is -3.92. The van der Waals surface area contributed by atoms with E-state index in [9.17, 15) is 18.0 Å². The molecule has 0 saturated heterocycles. The molecule has 0 radical (unpaired) electrons. The second kappa shape index (κ2) is 7.24. The first kappa shape index (κ1) is 18.4. The molecule has 0 aliphatic rings. The SMILES string of the molecule is O=c1[nH]c(=O)c2cc(S(=O)(=O)Nc3ccc(Oc4cccnc4)cc3)ccc2[nH]1. The number of benzene rings is 2. The lowest BCUT2D eigenvalue weighted by Crippen LogP contribution is -2.22. The van der Waals surface area contributed by atoms with E-state index in [0.717, 1.165) is 0 Å². The van der Waals surface area contributed by atoms with Crippen LogP contribution in [0.5, 0.6) is 11.5 Å². The largest absolute Gasteiger partial charge is 0.456 e. The molecule has 0 spiro atoms. The molecule has 0 amide bonds. The van der Waals surface area contributed by atoms with E-state index in [-0.39, 0.29) is 15.8 Å². The third-order valence-electron chi connectivity index (χ3n) is 4.00. The number of nitrogens with zero attached hydrogens (tertiary/aromatic N) is 1. The number of nitrogens with one attached hydrogen (secondary N) is 3. The Morgan fingerprint density at radius 2 is 1.72 bits per heavy atom. The molecule has 10 heteroatoms. The molecule has 0 aliphatic heterocycles. The monoisotopic (exact) mass is 410 g/mol. The molecule has 9 nitrogen and oxygen atoms in total. The molecule has 4 rings (SSSR count). The predicted molar refractivity (Wildman–Crippen MR) is 107 cm³/mol. The maximum absolute atomic E-state index is 12.7. The summed E-state index contributed by atoms with van der Waals surface area (Å²) in [5.41, 5.74) is -0.767. The van der Waals surface area contributed by atoms with Crippen molar-refractivity contribution in [2.24, 2.45) is 0 Å². The Labute approximate surface area is 164 Å². The van der Waals surface area contributed by atoms with Crippen molar-refractivity contribution in [3.63, 3.8) is 0 Å². The van der Waals surface area contributed by atoms with Gasteiger partial charge in [0.2, 0.25) is 0 Å². The molecule has 2 heterocycles. The van der Waals surface area contributed by atoms with Gasteiger partial charge in [0.1, 0.15) is 11.5 Å². The van der Waals surface area contributed by atoms with Crippen LogP contribution in [-0.4, -0.2) is 23.4 Å². The quantitative estimate of drug-likeness (QED) is 0.462. The lowest BCUT2D eigenvalue weighted by atomic mass is 10.2. The fraction of sp³-hybridized carbons (Fsp3) is 0. The normalized spacial score (nSPS) is 11.3. The van der Waals surface area contributed by atoms with Gasteiger partial charge in [-0.15, -0.1) is 0 Å². The Bertz CT molecular complexity index is 1390. The third-order valence-corrected chi connectivity index (χ3v) is 5.38. The zero-order valence-corrected chi connectivity index (χ0v) is 15.6. The van der Waals surface area contributed by atoms with Gasteiger partial charge in [-0.3, -0.25) is 19.5 Å². The molecule has 3 N–H and O–H groups in total. The van der Waals surface area contributed by atoms with Crippen LogP contribution in [0.1, 0.15) is 0 Å². The molecule has 146 valence electrons. The zero-order chi connectivity index (χ0) is 20.4. The number of aromatic nitrogens is 3. The highest BCUT2D eigenvalue weighted by atomic mass is 32.2. The number of H-pyrrole nitrogens is 2. The smallest absolute Gasteiger partial charge is 0.326 e. The van der Waals surface area contributed by atoms with Gasteiger partial charge in [-0.25, -0.2) is 13.2 Å². The van der Waals surface area contributed by atoms with E-state index >= 15 is 0 Å². The van der Waals surface area contributed by atoms with Crippen LogP contribution >= 0.6 is 0 Å². The van der Waals surface area contributed by atoms with E-state index < -0.39 is 21.3 Å². The second-order valence-corrected chi connectivity index (χ2v) is 7.72. The molecule has 0 saturated carbocycles. The van der Waals surface area contributed by atoms with E-state index in [0.29, 0.717) is 17.2 Å². The highest BCUT2D eigenvalue weighted by Gasteiger charge is 2.16. The van der Waals surface area contributed by atoms with Crippen molar-refractivity contribution in [1.82, 2.24) is 15.0 Å². The molecule has 0 aliphatic carbocycles. The van der Waals surface area contributed by atoms with Crippen molar-refractivity contribution in [2.75, 3.05) is 4.72 Å². The molecule has 0 unspecified atom stereocenters. The Morgan fingerprint density at radius 1 is 0.931 bits per heavy atom. The number of anilines is 1. The van der Waals surface area contributed by atoms with Crippen molar-refractivity contribution in [1.29, 1.82) is 0 Å². The molecule has 2 aromatic carbocycles. The fourth-order valence-corrected chi connectivity index (χ4v) is 3.74. The summed E-state index contributed by atoms with van der Waals surface area (Å²) >= 11 is 0. The van der Waals surface area contributed by atoms with Gasteiger partial charge in [-0.1, -0.05) is 0 Å². The van der Waals surface area contributed by atoms with Crippen LogP contribution in [0.25, 0.3) is 10.9 Å². The fourth-order valence-electron chi connectivity index (χ4n) is 2.66. The number of fused-ring (bicyclic) bond motifs is 1. The number of hydrogen-bond acceptors (Lipinski definition) is 6. The molecular weight excluding hydrogens is 396 g/mol. The minimum atomic E-state index is -3.95. The standard InChI is InChI=1S/C19H14N4O5S/c24-18-16-10-15(7-8-17(16)21-19(25)22-18)29(26,27)23-12-3-5-13(6-4-12)28-14-2-1-9-20-11-14/h1-11,23H,(H2,21,22,24,25). The number of rotatable bonds is 5. The Morgan fingerprint density at radius 3 is 2.45 bits per heavy atom. The summed E-state index contributed by atoms with van der Waals surface area (Å²) in [7, 11) is -3.95. The van der Waals surface area contributed by atoms with Crippen LogP contribution in [0.15, 0.2) is 81.5 Å². The van der Waals surface area contributed by atoms with Gasteiger partial charge in [-0.2, -0.15) is 0 Å². The highest BCUT2D eigenvalue weighted by Crippen LogP contribution is 2.24. The average molecular weight is 410 g/mol. The van der Waals surface area contributed by atoms with Crippen molar-refractivity contribution < 1.29 is 13.2 Å². The maximum Gasteiger partial charge on any atom is 0.326 e. The van der Waals surface area contributed by atoms with Gasteiger partial charge < -0.3 is 9.72 Å². The number of sulfonamides is 1. The lowest BCUT2D eigenvalue weighted by molar-refractivity contribution is 0.480. The predicted octanol–water partition coefficient (Wildman–Crippen LogP) is 2.20. The van der Waals surface area contributed by atoms with Gasteiger partial charge in [0, 0.05) is 11.9 Å². The van der Waals surface area contributed by atoms with Gasteiger partial charge in [0.25, 0.3) is 15.6 Å². The summed E-state index contributed by atoms with van der Waals surface area (Å²) in [5, 5.41) is 0.0627. The van der Waals surface area contributed by atoms with Gasteiger partial charge in [0.05, 0.1) is 22.0 Å². The summed E-state index contributed by atoms with van der Waals surface area (Å²) in [6.45, 7) is 0. The van der Waals surface area contributed by atoms with Crippen molar-refractivity contribution in [3.8, 4) is 11.5 Å². The number of ether oxygens (including phenoxy) is 1. The van der Waals surface area contributed by atoms with E-state index in [2.05, 4.69) is 19.7 Å². The van der Waals surface area contributed by atoms with E-state index in [1.165, 1.54) is 18.2 Å². The van der Waals surface area contributed by atoms with E-state index in [4.69, 9.17) is 4.74 Å². The van der Waals surface area contributed by atoms with Crippen molar-refractivity contribution in [3.05, 3.63) is 87.8 Å². The summed E-state index contributed by atoms with van der Waals surface area (Å²) in [4.78, 5) is 31.6.